The first kappa shape index (κ1) is 10.8. The Labute approximate surface area is 74.6 Å². The Bertz CT molecular complexity index is 295. The van der Waals surface area contributed by atoms with Crippen molar-refractivity contribution >= 4 is 10.0 Å². The van der Waals surface area contributed by atoms with Crippen molar-refractivity contribution in [3.63, 3.8) is 0 Å². The Balaban J connectivity index is 2.77. The number of rotatable bonds is 2. The van der Waals surface area contributed by atoms with Crippen LogP contribution < -0.4 is 0 Å². The van der Waals surface area contributed by atoms with Crippen LogP contribution in [-0.2, 0) is 10.0 Å². The summed E-state index contributed by atoms with van der Waals surface area (Å²) in [5, 5.41) is 0. The fraction of sp³-hybridized carbons (Fsp3) is 1.00. The van der Waals surface area contributed by atoms with Crippen molar-refractivity contribution in [2.45, 2.75) is 25.4 Å². The maximum Gasteiger partial charge on any atom is 0.511 e. The van der Waals surface area contributed by atoms with Crippen LogP contribution in [0.15, 0.2) is 0 Å². The zero-order valence-corrected chi connectivity index (χ0v) is 7.98. The minimum Gasteiger partial charge on any atom is -0.203 e. The summed E-state index contributed by atoms with van der Waals surface area (Å²) < 4.78 is 57.7. The molecule has 1 aliphatic rings. The van der Waals surface area contributed by atoms with Crippen LogP contribution in [0.1, 0.15) is 13.8 Å². The lowest BCUT2D eigenvalue weighted by molar-refractivity contribution is -0.0468. The molecule has 0 aromatic rings. The molecular formula is C6H10F3NO2S. The van der Waals surface area contributed by atoms with Crippen molar-refractivity contribution in [1.29, 1.82) is 0 Å². The maximum atomic E-state index is 11.9. The van der Waals surface area contributed by atoms with Gasteiger partial charge in [0.05, 0.1) is 0 Å². The molecular weight excluding hydrogens is 207 g/mol. The molecule has 0 N–H and O–H groups in total. The summed E-state index contributed by atoms with van der Waals surface area (Å²) in [6.07, 6.45) is 0. The van der Waals surface area contributed by atoms with E-state index in [1.54, 1.807) is 13.8 Å². The van der Waals surface area contributed by atoms with Gasteiger partial charge in [-0.1, -0.05) is 13.8 Å². The predicted octanol–water partition coefficient (Wildman–Crippen LogP) is 1.18. The van der Waals surface area contributed by atoms with Crippen molar-refractivity contribution in [3.05, 3.63) is 0 Å². The molecule has 3 nitrogen and oxygen atoms in total. The summed E-state index contributed by atoms with van der Waals surface area (Å²) >= 11 is 0. The van der Waals surface area contributed by atoms with Crippen molar-refractivity contribution in [1.82, 2.24) is 4.31 Å². The molecule has 1 aliphatic heterocycles. The lowest BCUT2D eigenvalue weighted by Crippen LogP contribution is -2.31. The van der Waals surface area contributed by atoms with Crippen LogP contribution in [0.2, 0.25) is 0 Å². The molecule has 0 radical (unpaired) electrons. The van der Waals surface area contributed by atoms with Crippen LogP contribution in [0, 0.1) is 5.92 Å². The fourth-order valence-electron chi connectivity index (χ4n) is 1.09. The molecule has 78 valence electrons. The second-order valence-corrected chi connectivity index (χ2v) is 5.21. The summed E-state index contributed by atoms with van der Waals surface area (Å²) in [5.74, 6) is -0.0721. The van der Waals surface area contributed by atoms with Gasteiger partial charge < -0.3 is 0 Å². The highest BCUT2D eigenvalue weighted by Crippen LogP contribution is 2.37. The molecule has 2 unspecified atom stereocenters. The number of hydrogen-bond donors (Lipinski definition) is 0. The van der Waals surface area contributed by atoms with Gasteiger partial charge in [0.15, 0.2) is 0 Å². The summed E-state index contributed by atoms with van der Waals surface area (Å²) in [6, 6.07) is -0.480. The third-order valence-electron chi connectivity index (χ3n) is 1.97. The van der Waals surface area contributed by atoms with Crippen LogP contribution in [-0.4, -0.2) is 30.8 Å². The molecule has 1 rings (SSSR count). The summed E-state index contributed by atoms with van der Waals surface area (Å²) in [4.78, 5) is 0. The van der Waals surface area contributed by atoms with E-state index in [4.69, 9.17) is 0 Å². The Hall–Kier alpha value is -0.300. The quantitative estimate of drug-likeness (QED) is 0.651. The zero-order chi connectivity index (χ0) is 10.4. The Kier molecular flexibility index (Phi) is 2.36. The first-order valence-corrected chi connectivity index (χ1v) is 5.20. The Morgan fingerprint density at radius 3 is 2.08 bits per heavy atom. The molecule has 0 saturated carbocycles. The van der Waals surface area contributed by atoms with E-state index in [2.05, 4.69) is 0 Å². The van der Waals surface area contributed by atoms with Crippen molar-refractivity contribution in [2.24, 2.45) is 5.92 Å². The highest BCUT2D eigenvalue weighted by molar-refractivity contribution is 7.90. The van der Waals surface area contributed by atoms with Crippen molar-refractivity contribution in [3.8, 4) is 0 Å². The van der Waals surface area contributed by atoms with Gasteiger partial charge in [0.2, 0.25) is 0 Å². The molecule has 0 aromatic heterocycles. The van der Waals surface area contributed by atoms with E-state index >= 15 is 0 Å². The van der Waals surface area contributed by atoms with Crippen LogP contribution >= 0.6 is 0 Å². The average molecular weight is 217 g/mol. The molecule has 7 heteroatoms. The van der Waals surface area contributed by atoms with Crippen molar-refractivity contribution < 1.29 is 21.6 Å². The summed E-state index contributed by atoms with van der Waals surface area (Å²) in [7, 11) is -5.06. The van der Waals surface area contributed by atoms with Gasteiger partial charge in [-0.2, -0.15) is 17.5 Å². The minimum absolute atomic E-state index is 0.0144. The second kappa shape index (κ2) is 2.84. The van der Waals surface area contributed by atoms with E-state index in [1.165, 1.54) is 0 Å². The number of halogens is 3. The van der Waals surface area contributed by atoms with Gasteiger partial charge in [-0.3, -0.25) is 0 Å². The van der Waals surface area contributed by atoms with Gasteiger partial charge in [0.1, 0.15) is 0 Å². The molecule has 0 aliphatic carbocycles. The molecule has 0 bridgehead atoms. The number of alkyl halides is 3. The van der Waals surface area contributed by atoms with Crippen LogP contribution in [0.3, 0.4) is 0 Å². The SMILES string of the molecule is CC(C)C1CN1S(=O)(=O)C(F)(F)F. The number of sulfonamides is 1. The molecule has 1 fully saturated rings. The molecule has 0 amide bonds. The lowest BCUT2D eigenvalue weighted by Gasteiger charge is -2.10. The monoisotopic (exact) mass is 217 g/mol. The first-order valence-electron chi connectivity index (χ1n) is 3.76. The van der Waals surface area contributed by atoms with Gasteiger partial charge in [0, 0.05) is 12.6 Å². The van der Waals surface area contributed by atoms with E-state index in [-0.39, 0.29) is 12.5 Å². The summed E-state index contributed by atoms with van der Waals surface area (Å²) in [6.45, 7) is 3.37. The molecule has 1 heterocycles. The molecule has 13 heavy (non-hydrogen) atoms. The van der Waals surface area contributed by atoms with Gasteiger partial charge in [-0.15, -0.1) is 0 Å². The number of nitrogens with zero attached hydrogens (tertiary/aromatic N) is 1. The third-order valence-corrected chi connectivity index (χ3v) is 3.60. The Morgan fingerprint density at radius 1 is 1.38 bits per heavy atom. The minimum atomic E-state index is -5.16. The fourth-order valence-corrected chi connectivity index (χ4v) is 2.30. The van der Waals surface area contributed by atoms with Gasteiger partial charge >= 0.3 is 15.5 Å². The normalized spacial score (nSPS) is 29.4. The standard InChI is InChI=1S/C6H10F3NO2S/c1-4(2)5-3-10(5)13(11,12)6(7,8)9/h4-5H,3H2,1-2H3. The first-order chi connectivity index (χ1) is 5.68. The van der Waals surface area contributed by atoms with Crippen LogP contribution in [0.4, 0.5) is 13.2 Å². The van der Waals surface area contributed by atoms with Gasteiger partial charge in [-0.05, 0) is 5.92 Å². The smallest absolute Gasteiger partial charge is 0.203 e. The molecule has 0 aromatic carbocycles. The molecule has 1 saturated heterocycles. The summed E-state index contributed by atoms with van der Waals surface area (Å²) in [5.41, 5.74) is -5.16. The molecule has 2 atom stereocenters. The van der Waals surface area contributed by atoms with Crippen LogP contribution in [0.25, 0.3) is 0 Å². The second-order valence-electron chi connectivity index (χ2n) is 3.33. The van der Waals surface area contributed by atoms with Gasteiger partial charge in [-0.25, -0.2) is 8.42 Å². The van der Waals surface area contributed by atoms with E-state index in [9.17, 15) is 21.6 Å². The topological polar surface area (TPSA) is 37.1 Å². The molecule has 0 spiro atoms. The van der Waals surface area contributed by atoms with E-state index in [1.807, 2.05) is 0 Å². The van der Waals surface area contributed by atoms with E-state index < -0.39 is 21.6 Å². The average Bonchev–Trinajstić information content (AvgIpc) is 2.60. The maximum absolute atomic E-state index is 11.9. The number of hydrogen-bond acceptors (Lipinski definition) is 2. The largest absolute Gasteiger partial charge is 0.511 e. The highest BCUT2D eigenvalue weighted by atomic mass is 32.2. The van der Waals surface area contributed by atoms with E-state index in [0.717, 1.165) is 0 Å². The highest BCUT2D eigenvalue weighted by Gasteiger charge is 2.58. The van der Waals surface area contributed by atoms with Gasteiger partial charge in [0.25, 0.3) is 0 Å². The third kappa shape index (κ3) is 1.80. The van der Waals surface area contributed by atoms with Crippen molar-refractivity contribution in [2.75, 3.05) is 6.54 Å². The Morgan fingerprint density at radius 2 is 1.85 bits per heavy atom. The van der Waals surface area contributed by atoms with E-state index in [0.29, 0.717) is 4.31 Å². The zero-order valence-electron chi connectivity index (χ0n) is 7.17. The van der Waals surface area contributed by atoms with Crippen LogP contribution in [0.5, 0.6) is 0 Å². The lowest BCUT2D eigenvalue weighted by atomic mass is 10.1. The predicted molar refractivity (Wildman–Crippen MR) is 40.3 cm³/mol.